The third-order valence-electron chi connectivity index (χ3n) is 2.61. The van der Waals surface area contributed by atoms with Crippen LogP contribution < -0.4 is 5.32 Å². The zero-order valence-corrected chi connectivity index (χ0v) is 11.6. The quantitative estimate of drug-likeness (QED) is 0.873. The van der Waals surface area contributed by atoms with Crippen LogP contribution in [-0.2, 0) is 4.74 Å². The number of carbonyl (C=O) groups excluding carboxylic acids is 1. The number of halogens is 1. The lowest BCUT2D eigenvalue weighted by Crippen LogP contribution is -2.14. The smallest absolute Gasteiger partial charge is 0.412 e. The third kappa shape index (κ3) is 2.86. The summed E-state index contributed by atoms with van der Waals surface area (Å²) in [6, 6.07) is 1.95. The molecule has 0 spiro atoms. The van der Waals surface area contributed by atoms with Crippen LogP contribution >= 0.6 is 11.3 Å². The first-order chi connectivity index (χ1) is 9.67. The summed E-state index contributed by atoms with van der Waals surface area (Å²) in [5.41, 5.74) is 0.199. The van der Waals surface area contributed by atoms with E-state index in [1.807, 2.05) is 13.0 Å². The van der Waals surface area contributed by atoms with E-state index in [1.165, 1.54) is 6.20 Å². The van der Waals surface area contributed by atoms with E-state index >= 15 is 0 Å². The molecule has 0 aliphatic carbocycles. The van der Waals surface area contributed by atoms with E-state index in [-0.39, 0.29) is 10.6 Å². The van der Waals surface area contributed by atoms with Crippen molar-refractivity contribution in [2.45, 2.75) is 19.8 Å². The Morgan fingerprint density at radius 1 is 1.60 bits per heavy atom. The molecular formula is C13H12FN3O2S. The number of unbranched alkanes of at least 4 members (excludes halogenated alkanes) is 1. The minimum atomic E-state index is -0.644. The van der Waals surface area contributed by atoms with Crippen LogP contribution in [0.3, 0.4) is 0 Å². The van der Waals surface area contributed by atoms with Gasteiger partial charge in [-0.3, -0.25) is 10.3 Å². The third-order valence-corrected chi connectivity index (χ3v) is 3.74. The van der Waals surface area contributed by atoms with Crippen molar-refractivity contribution in [1.82, 2.24) is 4.98 Å². The van der Waals surface area contributed by atoms with Gasteiger partial charge < -0.3 is 4.74 Å². The first-order valence-corrected chi connectivity index (χ1v) is 6.89. The number of carbonyl (C=O) groups is 1. The molecule has 5 nitrogen and oxygen atoms in total. The molecular weight excluding hydrogens is 281 g/mol. The Morgan fingerprint density at radius 2 is 2.40 bits per heavy atom. The van der Waals surface area contributed by atoms with Gasteiger partial charge in [0.15, 0.2) is 5.82 Å². The van der Waals surface area contributed by atoms with E-state index in [0.29, 0.717) is 16.7 Å². The molecule has 2 rings (SSSR count). The molecule has 0 saturated carbocycles. The number of nitrogens with one attached hydrogen (secondary N) is 1. The van der Waals surface area contributed by atoms with Crippen molar-refractivity contribution in [3.63, 3.8) is 0 Å². The minimum absolute atomic E-state index is 0.199. The Bertz CT molecular complexity index is 678. The second-order valence-electron chi connectivity index (χ2n) is 4.03. The highest BCUT2D eigenvalue weighted by atomic mass is 32.1. The first-order valence-electron chi connectivity index (χ1n) is 6.07. The Balaban J connectivity index is 2.24. The van der Waals surface area contributed by atoms with Crippen LogP contribution in [0.1, 0.15) is 25.3 Å². The second kappa shape index (κ2) is 6.30. The molecule has 7 heteroatoms. The lowest BCUT2D eigenvalue weighted by atomic mass is 10.2. The fourth-order valence-electron chi connectivity index (χ4n) is 1.62. The Morgan fingerprint density at radius 3 is 3.10 bits per heavy atom. The molecule has 0 unspecified atom stereocenters. The Kier molecular flexibility index (Phi) is 4.48. The number of hydrogen-bond donors (Lipinski definition) is 1. The van der Waals surface area contributed by atoms with Crippen LogP contribution in [0.25, 0.3) is 10.1 Å². The van der Waals surface area contributed by atoms with Gasteiger partial charge in [0.05, 0.1) is 23.1 Å². The van der Waals surface area contributed by atoms with E-state index in [2.05, 4.69) is 10.3 Å². The van der Waals surface area contributed by atoms with Gasteiger partial charge in [0, 0.05) is 11.6 Å². The summed E-state index contributed by atoms with van der Waals surface area (Å²) in [5, 5.41) is 12.3. The Labute approximate surface area is 119 Å². The van der Waals surface area contributed by atoms with Crippen LogP contribution in [0, 0.1) is 17.1 Å². The molecule has 2 aromatic rings. The summed E-state index contributed by atoms with van der Waals surface area (Å²) in [4.78, 5) is 15.3. The van der Waals surface area contributed by atoms with E-state index in [0.717, 1.165) is 30.4 Å². The number of anilines is 1. The van der Waals surface area contributed by atoms with Crippen molar-refractivity contribution < 1.29 is 13.9 Å². The fraction of sp³-hybridized carbons (Fsp3) is 0.308. The van der Waals surface area contributed by atoms with E-state index in [4.69, 9.17) is 10.00 Å². The van der Waals surface area contributed by atoms with Crippen LogP contribution in [0.5, 0.6) is 0 Å². The van der Waals surface area contributed by atoms with Crippen LogP contribution in [-0.4, -0.2) is 17.7 Å². The number of fused-ring (bicyclic) bond motifs is 1. The van der Waals surface area contributed by atoms with Crippen molar-refractivity contribution in [1.29, 1.82) is 5.26 Å². The molecule has 104 valence electrons. The van der Waals surface area contributed by atoms with Gasteiger partial charge >= 0.3 is 6.09 Å². The predicted molar refractivity (Wildman–Crippen MR) is 74.2 cm³/mol. The monoisotopic (exact) mass is 293 g/mol. The average Bonchev–Trinajstić information content (AvgIpc) is 2.78. The van der Waals surface area contributed by atoms with E-state index in [1.54, 1.807) is 0 Å². The van der Waals surface area contributed by atoms with Gasteiger partial charge in [-0.15, -0.1) is 11.3 Å². The van der Waals surface area contributed by atoms with Crippen LogP contribution in [0.2, 0.25) is 0 Å². The standard InChI is InChI=1S/C13H12FN3O2S/c1-2-3-4-19-13(18)17-12-8(5-15)9-6-16-7-10(14)11(9)20-12/h6-7H,2-4H2,1H3,(H,17,18). The van der Waals surface area contributed by atoms with Crippen molar-refractivity contribution in [2.75, 3.05) is 11.9 Å². The zero-order valence-electron chi connectivity index (χ0n) is 10.8. The summed E-state index contributed by atoms with van der Waals surface area (Å²) in [6.45, 7) is 2.29. The average molecular weight is 293 g/mol. The number of pyridine rings is 1. The summed E-state index contributed by atoms with van der Waals surface area (Å²) in [6.07, 6.45) is 3.51. The second-order valence-corrected chi connectivity index (χ2v) is 5.05. The molecule has 0 bridgehead atoms. The highest BCUT2D eigenvalue weighted by molar-refractivity contribution is 7.23. The summed E-state index contributed by atoms with van der Waals surface area (Å²) in [7, 11) is 0. The van der Waals surface area contributed by atoms with Gasteiger partial charge in [0.1, 0.15) is 11.1 Å². The number of amides is 1. The molecule has 1 N–H and O–H groups in total. The van der Waals surface area contributed by atoms with Crippen molar-refractivity contribution in [3.05, 3.63) is 23.8 Å². The number of thiophene rings is 1. The largest absolute Gasteiger partial charge is 0.449 e. The Hall–Kier alpha value is -2.20. The highest BCUT2D eigenvalue weighted by Gasteiger charge is 2.17. The summed E-state index contributed by atoms with van der Waals surface area (Å²) < 4.78 is 18.8. The molecule has 20 heavy (non-hydrogen) atoms. The lowest BCUT2D eigenvalue weighted by Gasteiger charge is -2.04. The normalized spacial score (nSPS) is 10.2. The van der Waals surface area contributed by atoms with Crippen molar-refractivity contribution >= 4 is 32.5 Å². The fourth-order valence-corrected chi connectivity index (χ4v) is 2.63. The maximum atomic E-state index is 13.6. The summed E-state index contributed by atoms with van der Waals surface area (Å²) >= 11 is 0.993. The van der Waals surface area contributed by atoms with E-state index in [9.17, 15) is 9.18 Å². The van der Waals surface area contributed by atoms with Crippen LogP contribution in [0.4, 0.5) is 14.2 Å². The number of aromatic nitrogens is 1. The van der Waals surface area contributed by atoms with Gasteiger partial charge in [-0.1, -0.05) is 13.3 Å². The number of nitriles is 1. The lowest BCUT2D eigenvalue weighted by molar-refractivity contribution is 0.160. The summed E-state index contributed by atoms with van der Waals surface area (Å²) in [5.74, 6) is -0.517. The maximum Gasteiger partial charge on any atom is 0.412 e. The minimum Gasteiger partial charge on any atom is -0.449 e. The van der Waals surface area contributed by atoms with Gasteiger partial charge in [-0.25, -0.2) is 9.18 Å². The number of hydrogen-bond acceptors (Lipinski definition) is 5. The molecule has 2 aromatic heterocycles. The molecule has 0 radical (unpaired) electrons. The van der Waals surface area contributed by atoms with Gasteiger partial charge in [0.2, 0.25) is 0 Å². The SMILES string of the molecule is CCCCOC(=O)Nc1sc2c(F)cncc2c1C#N. The molecule has 0 aliphatic heterocycles. The van der Waals surface area contributed by atoms with Crippen molar-refractivity contribution in [3.8, 4) is 6.07 Å². The van der Waals surface area contributed by atoms with E-state index < -0.39 is 11.9 Å². The highest BCUT2D eigenvalue weighted by Crippen LogP contribution is 2.36. The molecule has 0 saturated heterocycles. The molecule has 0 atom stereocenters. The number of rotatable bonds is 4. The van der Waals surface area contributed by atoms with Crippen LogP contribution in [0.15, 0.2) is 12.4 Å². The maximum absolute atomic E-state index is 13.6. The molecule has 1 amide bonds. The molecule has 0 aromatic carbocycles. The molecule has 0 aliphatic rings. The van der Waals surface area contributed by atoms with Crippen molar-refractivity contribution in [2.24, 2.45) is 0 Å². The number of ether oxygens (including phenoxy) is 1. The zero-order chi connectivity index (χ0) is 14.5. The van der Waals surface area contributed by atoms with Gasteiger partial charge in [0.25, 0.3) is 0 Å². The first kappa shape index (κ1) is 14.2. The number of nitrogens with zero attached hydrogens (tertiary/aromatic N) is 2. The topological polar surface area (TPSA) is 75.0 Å². The predicted octanol–water partition coefficient (Wildman–Crippen LogP) is 3.66. The molecule has 2 heterocycles. The van der Waals surface area contributed by atoms with Gasteiger partial charge in [-0.2, -0.15) is 5.26 Å². The molecule has 0 fully saturated rings. The van der Waals surface area contributed by atoms with Gasteiger partial charge in [-0.05, 0) is 6.42 Å².